The Hall–Kier alpha value is -1.41. The fraction of sp³-hybridized carbons (Fsp3) is 0.250. The minimum atomic E-state index is -3.66. The van der Waals surface area contributed by atoms with Gasteiger partial charge in [-0.1, -0.05) is 11.6 Å². The van der Waals surface area contributed by atoms with E-state index < -0.39 is 10.0 Å². The molecule has 0 bridgehead atoms. The van der Waals surface area contributed by atoms with Crippen LogP contribution in [0, 0.1) is 0 Å². The molecule has 0 fully saturated rings. The molecular weight excluding hydrogens is 302 g/mol. The summed E-state index contributed by atoms with van der Waals surface area (Å²) in [6, 6.07) is 5.93. The van der Waals surface area contributed by atoms with Crippen LogP contribution in [0.5, 0.6) is 0 Å². The van der Waals surface area contributed by atoms with Crippen molar-refractivity contribution < 1.29 is 13.5 Å². The maximum atomic E-state index is 12.2. The second kappa shape index (κ2) is 5.92. The summed E-state index contributed by atoms with van der Waals surface area (Å²) in [7, 11) is -1.93. The Morgan fingerprint density at radius 2 is 2.15 bits per heavy atom. The van der Waals surface area contributed by atoms with Gasteiger partial charge in [0.15, 0.2) is 0 Å². The van der Waals surface area contributed by atoms with Gasteiger partial charge in [-0.3, -0.25) is 4.68 Å². The van der Waals surface area contributed by atoms with Gasteiger partial charge >= 0.3 is 0 Å². The highest BCUT2D eigenvalue weighted by Crippen LogP contribution is 2.20. The third-order valence-electron chi connectivity index (χ3n) is 2.86. The lowest BCUT2D eigenvalue weighted by atomic mass is 10.2. The van der Waals surface area contributed by atoms with E-state index in [1.165, 1.54) is 18.2 Å². The Bertz CT molecular complexity index is 712. The number of nitrogens with one attached hydrogen (secondary N) is 1. The van der Waals surface area contributed by atoms with Gasteiger partial charge in [0, 0.05) is 18.3 Å². The summed E-state index contributed by atoms with van der Waals surface area (Å²) in [6.45, 7) is -0.181. The third kappa shape index (κ3) is 3.18. The summed E-state index contributed by atoms with van der Waals surface area (Å²) in [5, 5.41) is 13.4. The zero-order valence-corrected chi connectivity index (χ0v) is 12.3. The van der Waals surface area contributed by atoms with E-state index in [1.807, 2.05) is 0 Å². The van der Waals surface area contributed by atoms with Gasteiger partial charge in [0.05, 0.1) is 23.7 Å². The predicted molar refractivity (Wildman–Crippen MR) is 74.6 cm³/mol. The van der Waals surface area contributed by atoms with Crippen molar-refractivity contribution in [2.24, 2.45) is 7.05 Å². The molecule has 1 aromatic carbocycles. The van der Waals surface area contributed by atoms with Crippen LogP contribution in [0.4, 0.5) is 0 Å². The summed E-state index contributed by atoms with van der Waals surface area (Å²) in [4.78, 5) is 0.0631. The number of hydrogen-bond donors (Lipinski definition) is 2. The van der Waals surface area contributed by atoms with Crippen LogP contribution in [-0.4, -0.2) is 23.3 Å². The average molecular weight is 316 g/mol. The van der Waals surface area contributed by atoms with E-state index in [2.05, 4.69) is 9.82 Å². The van der Waals surface area contributed by atoms with Crippen LogP contribution >= 0.6 is 11.6 Å². The molecule has 0 aliphatic heterocycles. The van der Waals surface area contributed by atoms with E-state index in [4.69, 9.17) is 16.7 Å². The molecule has 8 heteroatoms. The summed E-state index contributed by atoms with van der Waals surface area (Å²) < 4.78 is 28.4. The highest BCUT2D eigenvalue weighted by molar-refractivity contribution is 7.89. The van der Waals surface area contributed by atoms with Gasteiger partial charge in [0.2, 0.25) is 10.0 Å². The molecule has 2 aromatic rings. The van der Waals surface area contributed by atoms with Crippen molar-refractivity contribution in [3.63, 3.8) is 0 Å². The first kappa shape index (κ1) is 15.0. The molecule has 0 atom stereocenters. The number of nitrogens with zero attached hydrogens (tertiary/aromatic N) is 2. The summed E-state index contributed by atoms with van der Waals surface area (Å²) in [5.41, 5.74) is 1.11. The normalized spacial score (nSPS) is 11.8. The number of aromatic nitrogens is 2. The number of aryl methyl sites for hydroxylation is 1. The standard InChI is InChI=1S/C12H14ClN3O3S/c1-16-10(4-5-14-16)7-15-20(18,19)11-2-3-12(13)9(6-11)8-17/h2-6,15,17H,7-8H2,1H3. The lowest BCUT2D eigenvalue weighted by Gasteiger charge is -2.09. The van der Waals surface area contributed by atoms with Crippen molar-refractivity contribution in [1.29, 1.82) is 0 Å². The molecule has 1 aromatic heterocycles. The predicted octanol–water partition coefficient (Wildman–Crippen LogP) is 1.04. The van der Waals surface area contributed by atoms with Crippen LogP contribution in [-0.2, 0) is 30.2 Å². The number of aliphatic hydroxyl groups excluding tert-OH is 1. The van der Waals surface area contributed by atoms with Gasteiger partial charge in [0.25, 0.3) is 0 Å². The Kier molecular flexibility index (Phi) is 4.44. The van der Waals surface area contributed by atoms with Crippen LogP contribution < -0.4 is 4.72 Å². The maximum Gasteiger partial charge on any atom is 0.240 e. The Labute approximate surface area is 122 Å². The van der Waals surface area contributed by atoms with E-state index in [0.29, 0.717) is 10.6 Å². The highest BCUT2D eigenvalue weighted by atomic mass is 35.5. The molecule has 108 valence electrons. The van der Waals surface area contributed by atoms with Crippen molar-refractivity contribution >= 4 is 21.6 Å². The number of benzene rings is 1. The molecule has 20 heavy (non-hydrogen) atoms. The average Bonchev–Trinajstić information content (AvgIpc) is 2.82. The second-order valence-electron chi connectivity index (χ2n) is 4.18. The zero-order valence-electron chi connectivity index (χ0n) is 10.7. The minimum Gasteiger partial charge on any atom is -0.392 e. The molecule has 0 spiro atoms. The fourth-order valence-electron chi connectivity index (χ4n) is 1.67. The molecule has 0 aliphatic carbocycles. The number of halogens is 1. The van der Waals surface area contributed by atoms with Crippen molar-refractivity contribution in [2.45, 2.75) is 18.0 Å². The SMILES string of the molecule is Cn1nccc1CNS(=O)(=O)c1ccc(Cl)c(CO)c1. The van der Waals surface area contributed by atoms with Crippen LogP contribution in [0.2, 0.25) is 5.02 Å². The smallest absolute Gasteiger partial charge is 0.240 e. The van der Waals surface area contributed by atoms with Crippen molar-refractivity contribution in [2.75, 3.05) is 0 Å². The van der Waals surface area contributed by atoms with E-state index in [9.17, 15) is 8.42 Å². The highest BCUT2D eigenvalue weighted by Gasteiger charge is 2.16. The van der Waals surface area contributed by atoms with Crippen LogP contribution in [0.25, 0.3) is 0 Å². The van der Waals surface area contributed by atoms with Crippen LogP contribution in [0.15, 0.2) is 35.4 Å². The largest absolute Gasteiger partial charge is 0.392 e. The van der Waals surface area contributed by atoms with Gasteiger partial charge < -0.3 is 5.11 Å². The number of hydrogen-bond acceptors (Lipinski definition) is 4. The summed E-state index contributed by atoms with van der Waals surface area (Å²) in [5.74, 6) is 0. The molecule has 0 saturated heterocycles. The molecule has 2 rings (SSSR count). The summed E-state index contributed by atoms with van der Waals surface area (Å²) in [6.07, 6.45) is 1.59. The second-order valence-corrected chi connectivity index (χ2v) is 6.36. The minimum absolute atomic E-state index is 0.0631. The number of sulfonamides is 1. The van der Waals surface area contributed by atoms with Gasteiger partial charge in [-0.05, 0) is 29.8 Å². The molecule has 0 radical (unpaired) electrons. The van der Waals surface area contributed by atoms with Gasteiger partial charge in [-0.2, -0.15) is 5.10 Å². The Morgan fingerprint density at radius 1 is 1.40 bits per heavy atom. The number of aliphatic hydroxyl groups is 1. The van der Waals surface area contributed by atoms with Crippen LogP contribution in [0.1, 0.15) is 11.3 Å². The summed E-state index contributed by atoms with van der Waals surface area (Å²) >= 11 is 5.84. The van der Waals surface area contributed by atoms with E-state index in [1.54, 1.807) is 24.0 Å². The molecule has 0 amide bonds. The number of rotatable bonds is 5. The molecule has 1 heterocycles. The fourth-order valence-corrected chi connectivity index (χ4v) is 2.89. The molecule has 0 unspecified atom stereocenters. The van der Waals surface area contributed by atoms with E-state index in [0.717, 1.165) is 5.69 Å². The van der Waals surface area contributed by atoms with Gasteiger partial charge in [-0.25, -0.2) is 13.1 Å². The topological polar surface area (TPSA) is 84.2 Å². The molecule has 6 nitrogen and oxygen atoms in total. The van der Waals surface area contributed by atoms with Gasteiger partial charge in [-0.15, -0.1) is 0 Å². The zero-order chi connectivity index (χ0) is 14.8. The van der Waals surface area contributed by atoms with E-state index >= 15 is 0 Å². The maximum absolute atomic E-state index is 12.2. The Morgan fingerprint density at radius 3 is 2.75 bits per heavy atom. The van der Waals surface area contributed by atoms with Crippen LogP contribution in [0.3, 0.4) is 0 Å². The van der Waals surface area contributed by atoms with Crippen molar-refractivity contribution in [3.05, 3.63) is 46.7 Å². The first-order chi connectivity index (χ1) is 9.44. The third-order valence-corrected chi connectivity index (χ3v) is 4.63. The van der Waals surface area contributed by atoms with E-state index in [-0.39, 0.29) is 18.0 Å². The Balaban J connectivity index is 2.20. The quantitative estimate of drug-likeness (QED) is 0.863. The molecule has 2 N–H and O–H groups in total. The monoisotopic (exact) mass is 315 g/mol. The molecular formula is C12H14ClN3O3S. The lowest BCUT2D eigenvalue weighted by Crippen LogP contribution is -2.24. The first-order valence-corrected chi connectivity index (χ1v) is 7.66. The lowest BCUT2D eigenvalue weighted by molar-refractivity contribution is 0.281. The van der Waals surface area contributed by atoms with Crippen molar-refractivity contribution in [3.8, 4) is 0 Å². The molecule has 0 aliphatic rings. The van der Waals surface area contributed by atoms with Gasteiger partial charge in [0.1, 0.15) is 0 Å². The molecule has 0 saturated carbocycles. The van der Waals surface area contributed by atoms with Crippen molar-refractivity contribution in [1.82, 2.24) is 14.5 Å². The first-order valence-electron chi connectivity index (χ1n) is 5.80.